The van der Waals surface area contributed by atoms with Crippen molar-refractivity contribution in [2.24, 2.45) is 0 Å². The Balaban J connectivity index is 3.11. The summed E-state index contributed by atoms with van der Waals surface area (Å²) in [4.78, 5) is 0. The van der Waals surface area contributed by atoms with Crippen LogP contribution in [0.25, 0.3) is 6.08 Å². The molecule has 0 unspecified atom stereocenters. The van der Waals surface area contributed by atoms with Gasteiger partial charge in [-0.05, 0) is 11.6 Å². The van der Waals surface area contributed by atoms with Crippen LogP contribution in [0.1, 0.15) is 5.56 Å². The van der Waals surface area contributed by atoms with Crippen LogP contribution in [0.2, 0.25) is 0 Å². The number of anilines is 1. The molecule has 0 atom stereocenters. The lowest BCUT2D eigenvalue weighted by Crippen LogP contribution is -2.30. The zero-order valence-corrected chi connectivity index (χ0v) is 8.77. The summed E-state index contributed by atoms with van der Waals surface area (Å²) in [6.45, 7) is 3.37. The molecule has 16 heavy (non-hydrogen) atoms. The van der Waals surface area contributed by atoms with Crippen LogP contribution in [0.3, 0.4) is 0 Å². The highest BCUT2D eigenvalue weighted by Gasteiger charge is 2.46. The molecule has 0 saturated heterocycles. The monoisotopic (exact) mass is 251 g/mol. The summed E-state index contributed by atoms with van der Waals surface area (Å²) in [5, 5.41) is 0. The first-order chi connectivity index (χ1) is 7.28. The second kappa shape index (κ2) is 4.17. The maximum Gasteiger partial charge on any atom is 0.516 e. The van der Waals surface area contributed by atoms with E-state index < -0.39 is 15.5 Å². The van der Waals surface area contributed by atoms with Gasteiger partial charge in [-0.2, -0.15) is 21.6 Å². The van der Waals surface area contributed by atoms with E-state index in [0.717, 1.165) is 0 Å². The van der Waals surface area contributed by atoms with Gasteiger partial charge in [0.25, 0.3) is 0 Å². The van der Waals surface area contributed by atoms with E-state index in [1.807, 2.05) is 0 Å². The third-order valence-corrected chi connectivity index (χ3v) is 2.83. The number of benzene rings is 1. The van der Waals surface area contributed by atoms with E-state index in [0.29, 0.717) is 0 Å². The van der Waals surface area contributed by atoms with Gasteiger partial charge in [-0.3, -0.25) is 4.72 Å². The standard InChI is InChI=1S/C9H8F3NO2S/c1-2-7-5-3-4-6-8(7)13-16(14,15)9(10,11)12/h2-6,13H,1H2. The third-order valence-electron chi connectivity index (χ3n) is 1.73. The highest BCUT2D eigenvalue weighted by Crippen LogP contribution is 2.27. The van der Waals surface area contributed by atoms with Gasteiger partial charge in [-0.15, -0.1) is 0 Å². The maximum absolute atomic E-state index is 12.1. The molecule has 3 nitrogen and oxygen atoms in total. The lowest BCUT2D eigenvalue weighted by Gasteiger charge is -2.12. The predicted molar refractivity (Wildman–Crippen MR) is 55.1 cm³/mol. The minimum atomic E-state index is -5.38. The molecule has 1 aromatic carbocycles. The topological polar surface area (TPSA) is 46.2 Å². The number of rotatable bonds is 3. The average molecular weight is 251 g/mol. The predicted octanol–water partition coefficient (Wildman–Crippen LogP) is 2.59. The molecule has 0 aromatic heterocycles. The number of para-hydroxylation sites is 1. The van der Waals surface area contributed by atoms with Crippen molar-refractivity contribution >= 4 is 21.8 Å². The lowest BCUT2D eigenvalue weighted by atomic mass is 10.2. The summed E-state index contributed by atoms with van der Waals surface area (Å²) >= 11 is 0. The fourth-order valence-corrected chi connectivity index (χ4v) is 1.56. The molecule has 0 amide bonds. The quantitative estimate of drug-likeness (QED) is 0.897. The molecule has 0 saturated carbocycles. The number of alkyl halides is 3. The van der Waals surface area contributed by atoms with Gasteiger partial charge in [0.05, 0.1) is 5.69 Å². The highest BCUT2D eigenvalue weighted by atomic mass is 32.2. The average Bonchev–Trinajstić information content (AvgIpc) is 2.16. The van der Waals surface area contributed by atoms with Gasteiger partial charge in [0.2, 0.25) is 0 Å². The van der Waals surface area contributed by atoms with Crippen LogP contribution >= 0.6 is 0 Å². The molecule has 1 N–H and O–H groups in total. The van der Waals surface area contributed by atoms with E-state index in [9.17, 15) is 21.6 Å². The molecule has 88 valence electrons. The molecule has 0 bridgehead atoms. The lowest BCUT2D eigenvalue weighted by molar-refractivity contribution is -0.0429. The molecule has 0 aliphatic heterocycles. The van der Waals surface area contributed by atoms with Gasteiger partial charge in [0.15, 0.2) is 0 Å². The Morgan fingerprint density at radius 1 is 1.25 bits per heavy atom. The van der Waals surface area contributed by atoms with Gasteiger partial charge in [0, 0.05) is 0 Å². The Hall–Kier alpha value is -1.50. The zero-order chi connectivity index (χ0) is 12.4. The summed E-state index contributed by atoms with van der Waals surface area (Å²) in [5.74, 6) is 0. The van der Waals surface area contributed by atoms with Crippen LogP contribution in [0, 0.1) is 0 Å². The Bertz CT molecular complexity index is 494. The molecule has 0 heterocycles. The van der Waals surface area contributed by atoms with Gasteiger partial charge in [-0.25, -0.2) is 0 Å². The Labute approximate surface area is 90.6 Å². The summed E-state index contributed by atoms with van der Waals surface area (Å²) in [7, 11) is -5.38. The molecule has 1 rings (SSSR count). The van der Waals surface area contributed by atoms with Crippen LogP contribution in [0.15, 0.2) is 30.8 Å². The zero-order valence-electron chi connectivity index (χ0n) is 7.95. The SMILES string of the molecule is C=Cc1ccccc1NS(=O)(=O)C(F)(F)F. The van der Waals surface area contributed by atoms with Crippen molar-refractivity contribution in [2.75, 3.05) is 4.72 Å². The summed E-state index contributed by atoms with van der Waals surface area (Å²) < 4.78 is 59.3. The smallest absolute Gasteiger partial charge is 0.275 e. The number of sulfonamides is 1. The van der Waals surface area contributed by atoms with E-state index >= 15 is 0 Å². The molecule has 0 aliphatic carbocycles. The fourth-order valence-electron chi connectivity index (χ4n) is 0.971. The second-order valence-corrected chi connectivity index (χ2v) is 4.52. The maximum atomic E-state index is 12.1. The number of hydrogen-bond donors (Lipinski definition) is 1. The van der Waals surface area contributed by atoms with E-state index in [1.54, 1.807) is 6.07 Å². The van der Waals surface area contributed by atoms with E-state index in [2.05, 4.69) is 6.58 Å². The Kier molecular flexibility index (Phi) is 3.27. The van der Waals surface area contributed by atoms with Crippen molar-refractivity contribution < 1.29 is 21.6 Å². The van der Waals surface area contributed by atoms with Crippen molar-refractivity contribution in [2.45, 2.75) is 5.51 Å². The Morgan fingerprint density at radius 2 is 1.81 bits per heavy atom. The number of hydrogen-bond acceptors (Lipinski definition) is 2. The molecule has 0 radical (unpaired) electrons. The molecular weight excluding hydrogens is 243 g/mol. The first-order valence-electron chi connectivity index (χ1n) is 4.08. The first kappa shape index (κ1) is 12.6. The molecular formula is C9H8F3NO2S. The highest BCUT2D eigenvalue weighted by molar-refractivity contribution is 7.93. The Morgan fingerprint density at radius 3 is 2.31 bits per heavy atom. The van der Waals surface area contributed by atoms with Gasteiger partial charge < -0.3 is 0 Å². The molecule has 1 aromatic rings. The summed E-state index contributed by atoms with van der Waals surface area (Å²) in [6, 6.07) is 5.64. The van der Waals surface area contributed by atoms with E-state index in [4.69, 9.17) is 0 Å². The summed E-state index contributed by atoms with van der Waals surface area (Å²) in [6.07, 6.45) is 1.26. The van der Waals surface area contributed by atoms with Gasteiger partial charge in [0.1, 0.15) is 0 Å². The van der Waals surface area contributed by atoms with Crippen molar-refractivity contribution in [1.29, 1.82) is 0 Å². The van der Waals surface area contributed by atoms with E-state index in [1.165, 1.54) is 29.0 Å². The van der Waals surface area contributed by atoms with Crippen LogP contribution in [-0.4, -0.2) is 13.9 Å². The van der Waals surface area contributed by atoms with Crippen molar-refractivity contribution in [3.05, 3.63) is 36.4 Å². The first-order valence-corrected chi connectivity index (χ1v) is 5.57. The minimum Gasteiger partial charge on any atom is -0.275 e. The van der Waals surface area contributed by atoms with Crippen molar-refractivity contribution in [1.82, 2.24) is 0 Å². The third kappa shape index (κ3) is 2.54. The van der Waals surface area contributed by atoms with Gasteiger partial charge >= 0.3 is 15.5 Å². The minimum absolute atomic E-state index is 0.158. The van der Waals surface area contributed by atoms with Crippen LogP contribution in [0.5, 0.6) is 0 Å². The number of nitrogens with one attached hydrogen (secondary N) is 1. The fraction of sp³-hybridized carbons (Fsp3) is 0.111. The number of halogens is 3. The van der Waals surface area contributed by atoms with Crippen LogP contribution in [0.4, 0.5) is 18.9 Å². The molecule has 0 spiro atoms. The molecule has 7 heteroatoms. The summed E-state index contributed by atoms with van der Waals surface area (Å²) in [5.41, 5.74) is -5.22. The second-order valence-electron chi connectivity index (χ2n) is 2.84. The van der Waals surface area contributed by atoms with Crippen LogP contribution < -0.4 is 4.72 Å². The normalized spacial score (nSPS) is 12.2. The van der Waals surface area contributed by atoms with Gasteiger partial charge in [-0.1, -0.05) is 30.9 Å². The molecule has 0 fully saturated rings. The largest absolute Gasteiger partial charge is 0.516 e. The van der Waals surface area contributed by atoms with Crippen molar-refractivity contribution in [3.8, 4) is 0 Å². The van der Waals surface area contributed by atoms with E-state index in [-0.39, 0.29) is 11.3 Å². The molecule has 0 aliphatic rings. The van der Waals surface area contributed by atoms with Crippen LogP contribution in [-0.2, 0) is 10.0 Å². The van der Waals surface area contributed by atoms with Crippen molar-refractivity contribution in [3.63, 3.8) is 0 Å².